The minimum absolute atomic E-state index is 0.253. The number of benzene rings is 2. The summed E-state index contributed by atoms with van der Waals surface area (Å²) in [5, 5.41) is 4.51. The SMILES string of the molecule is COc1cc(CNCCCc2cccc(Cl)c2)cc(Cl)c1OCC(N)=O. The number of hydrogen-bond acceptors (Lipinski definition) is 4. The fourth-order valence-electron chi connectivity index (χ4n) is 2.50. The summed E-state index contributed by atoms with van der Waals surface area (Å²) in [6.07, 6.45) is 1.95. The van der Waals surface area contributed by atoms with Crippen LogP contribution >= 0.6 is 23.2 Å². The topological polar surface area (TPSA) is 73.6 Å². The quantitative estimate of drug-likeness (QED) is 0.601. The third-order valence-corrected chi connectivity index (χ3v) is 4.20. The second kappa shape index (κ2) is 10.3. The normalized spacial score (nSPS) is 10.6. The molecule has 0 bridgehead atoms. The zero-order chi connectivity index (χ0) is 18.9. The molecular formula is C19H22Cl2N2O3. The molecule has 2 rings (SSSR count). The van der Waals surface area contributed by atoms with Crippen LogP contribution in [0.3, 0.4) is 0 Å². The van der Waals surface area contributed by atoms with Gasteiger partial charge >= 0.3 is 0 Å². The second-order valence-electron chi connectivity index (χ2n) is 5.77. The summed E-state index contributed by atoms with van der Waals surface area (Å²) in [5.41, 5.74) is 7.27. The van der Waals surface area contributed by atoms with Crippen LogP contribution < -0.4 is 20.5 Å². The van der Waals surface area contributed by atoms with Gasteiger partial charge < -0.3 is 20.5 Å². The van der Waals surface area contributed by atoms with E-state index in [0.29, 0.717) is 23.1 Å². The van der Waals surface area contributed by atoms with Crippen LogP contribution in [0.1, 0.15) is 17.5 Å². The van der Waals surface area contributed by atoms with E-state index >= 15 is 0 Å². The molecule has 5 nitrogen and oxygen atoms in total. The van der Waals surface area contributed by atoms with E-state index < -0.39 is 5.91 Å². The summed E-state index contributed by atoms with van der Waals surface area (Å²) in [5.74, 6) is 0.209. The highest BCUT2D eigenvalue weighted by Gasteiger charge is 2.13. The first-order valence-electron chi connectivity index (χ1n) is 8.22. The molecule has 2 aromatic rings. The third-order valence-electron chi connectivity index (χ3n) is 3.69. The molecule has 0 fully saturated rings. The minimum Gasteiger partial charge on any atom is -0.493 e. The molecule has 26 heavy (non-hydrogen) atoms. The monoisotopic (exact) mass is 396 g/mol. The van der Waals surface area contributed by atoms with Crippen LogP contribution in [-0.4, -0.2) is 26.2 Å². The lowest BCUT2D eigenvalue weighted by atomic mass is 10.1. The number of aryl methyl sites for hydroxylation is 1. The van der Waals surface area contributed by atoms with Gasteiger partial charge in [-0.3, -0.25) is 4.79 Å². The zero-order valence-electron chi connectivity index (χ0n) is 14.6. The van der Waals surface area contributed by atoms with Crippen LogP contribution in [0.5, 0.6) is 11.5 Å². The van der Waals surface area contributed by atoms with Gasteiger partial charge in [-0.1, -0.05) is 35.3 Å². The van der Waals surface area contributed by atoms with Gasteiger partial charge in [0.25, 0.3) is 5.91 Å². The molecule has 0 aliphatic carbocycles. The summed E-state index contributed by atoms with van der Waals surface area (Å²) < 4.78 is 10.6. The van der Waals surface area contributed by atoms with Crippen LogP contribution in [0.2, 0.25) is 10.0 Å². The molecular weight excluding hydrogens is 375 g/mol. The van der Waals surface area contributed by atoms with Crippen LogP contribution in [0.4, 0.5) is 0 Å². The van der Waals surface area contributed by atoms with Gasteiger partial charge in [0.1, 0.15) is 0 Å². The average molecular weight is 397 g/mol. The Morgan fingerprint density at radius 1 is 1.19 bits per heavy atom. The van der Waals surface area contributed by atoms with E-state index in [2.05, 4.69) is 11.4 Å². The van der Waals surface area contributed by atoms with Crippen molar-refractivity contribution in [3.05, 3.63) is 57.6 Å². The van der Waals surface area contributed by atoms with Crippen LogP contribution in [-0.2, 0) is 17.8 Å². The number of ether oxygens (including phenoxy) is 2. The summed E-state index contributed by atoms with van der Waals surface area (Å²) in [4.78, 5) is 10.9. The maximum atomic E-state index is 10.9. The maximum Gasteiger partial charge on any atom is 0.255 e. The van der Waals surface area contributed by atoms with E-state index in [9.17, 15) is 4.79 Å². The number of carbonyl (C=O) groups is 1. The van der Waals surface area contributed by atoms with Crippen molar-refractivity contribution in [3.63, 3.8) is 0 Å². The Morgan fingerprint density at radius 2 is 2.00 bits per heavy atom. The largest absolute Gasteiger partial charge is 0.493 e. The molecule has 0 spiro atoms. The lowest BCUT2D eigenvalue weighted by molar-refractivity contribution is -0.119. The molecule has 0 atom stereocenters. The number of halogens is 2. The van der Waals surface area contributed by atoms with Gasteiger partial charge in [0.2, 0.25) is 0 Å². The predicted octanol–water partition coefficient (Wildman–Crippen LogP) is 3.59. The molecule has 140 valence electrons. The Hall–Kier alpha value is -1.95. The average Bonchev–Trinajstić information content (AvgIpc) is 2.60. The number of carbonyl (C=O) groups excluding carboxylic acids is 1. The number of nitrogens with one attached hydrogen (secondary N) is 1. The molecule has 0 aliphatic rings. The van der Waals surface area contributed by atoms with E-state index in [1.54, 1.807) is 6.07 Å². The summed E-state index contributed by atoms with van der Waals surface area (Å²) in [6, 6.07) is 11.5. The van der Waals surface area contributed by atoms with E-state index in [4.69, 9.17) is 38.4 Å². The Balaban J connectivity index is 1.85. The highest BCUT2D eigenvalue weighted by atomic mass is 35.5. The van der Waals surface area contributed by atoms with Gasteiger partial charge in [-0.15, -0.1) is 0 Å². The van der Waals surface area contributed by atoms with Crippen molar-refractivity contribution >= 4 is 29.1 Å². The molecule has 0 saturated heterocycles. The van der Waals surface area contributed by atoms with Crippen molar-refractivity contribution in [1.29, 1.82) is 0 Å². The Morgan fingerprint density at radius 3 is 2.69 bits per heavy atom. The van der Waals surface area contributed by atoms with Crippen LogP contribution in [0, 0.1) is 0 Å². The molecule has 0 aromatic heterocycles. The third kappa shape index (κ3) is 6.41. The molecule has 2 aromatic carbocycles. The standard InChI is InChI=1S/C19H22Cl2N2O3/c1-25-17-10-14(9-16(21)19(17)26-12-18(22)24)11-23-7-3-5-13-4-2-6-15(20)8-13/h2,4,6,8-10,23H,3,5,7,11-12H2,1H3,(H2,22,24). The van der Waals surface area contributed by atoms with Crippen molar-refractivity contribution in [2.24, 2.45) is 5.73 Å². The van der Waals surface area contributed by atoms with Crippen molar-refractivity contribution in [1.82, 2.24) is 5.32 Å². The molecule has 3 N–H and O–H groups in total. The summed E-state index contributed by atoms with van der Waals surface area (Å²) >= 11 is 12.2. The van der Waals surface area contributed by atoms with Gasteiger partial charge in [-0.05, 0) is 54.8 Å². The Labute approximate surface area is 163 Å². The van der Waals surface area contributed by atoms with Crippen LogP contribution in [0.15, 0.2) is 36.4 Å². The van der Waals surface area contributed by atoms with E-state index in [0.717, 1.165) is 30.0 Å². The van der Waals surface area contributed by atoms with Gasteiger partial charge in [-0.25, -0.2) is 0 Å². The number of primary amides is 1. The van der Waals surface area contributed by atoms with E-state index in [-0.39, 0.29) is 6.61 Å². The van der Waals surface area contributed by atoms with Crippen LogP contribution in [0.25, 0.3) is 0 Å². The van der Waals surface area contributed by atoms with E-state index in [1.165, 1.54) is 12.7 Å². The Bertz CT molecular complexity index is 754. The Kier molecular flexibility index (Phi) is 8.04. The van der Waals surface area contributed by atoms with Gasteiger partial charge in [0, 0.05) is 11.6 Å². The first kappa shape index (κ1) is 20.4. The number of rotatable bonds is 10. The van der Waals surface area contributed by atoms with Gasteiger partial charge in [-0.2, -0.15) is 0 Å². The molecule has 7 heteroatoms. The lowest BCUT2D eigenvalue weighted by Crippen LogP contribution is -2.20. The molecule has 0 aliphatic heterocycles. The predicted molar refractivity (Wildman–Crippen MR) is 104 cm³/mol. The minimum atomic E-state index is -0.575. The van der Waals surface area contributed by atoms with Crippen molar-refractivity contribution in [2.45, 2.75) is 19.4 Å². The lowest BCUT2D eigenvalue weighted by Gasteiger charge is -2.14. The number of amides is 1. The van der Waals surface area contributed by atoms with Crippen molar-refractivity contribution in [2.75, 3.05) is 20.3 Å². The first-order chi connectivity index (χ1) is 12.5. The second-order valence-corrected chi connectivity index (χ2v) is 6.62. The smallest absolute Gasteiger partial charge is 0.255 e. The molecule has 0 heterocycles. The summed E-state index contributed by atoms with van der Waals surface area (Å²) in [7, 11) is 1.52. The number of methoxy groups -OCH3 is 1. The number of nitrogens with two attached hydrogens (primary N) is 1. The molecule has 1 amide bonds. The molecule has 0 saturated carbocycles. The highest BCUT2D eigenvalue weighted by molar-refractivity contribution is 6.32. The molecule has 0 unspecified atom stereocenters. The maximum absolute atomic E-state index is 10.9. The van der Waals surface area contributed by atoms with E-state index in [1.807, 2.05) is 24.3 Å². The fraction of sp³-hybridized carbons (Fsp3) is 0.316. The summed E-state index contributed by atoms with van der Waals surface area (Å²) in [6.45, 7) is 1.24. The first-order valence-corrected chi connectivity index (χ1v) is 8.98. The fourth-order valence-corrected chi connectivity index (χ4v) is 3.00. The van der Waals surface area contributed by atoms with Gasteiger partial charge in [0.05, 0.1) is 12.1 Å². The van der Waals surface area contributed by atoms with Gasteiger partial charge in [0.15, 0.2) is 18.1 Å². The van der Waals surface area contributed by atoms with Crippen molar-refractivity contribution < 1.29 is 14.3 Å². The zero-order valence-corrected chi connectivity index (χ0v) is 16.1. The highest BCUT2D eigenvalue weighted by Crippen LogP contribution is 2.36. The van der Waals surface area contributed by atoms with Crippen molar-refractivity contribution in [3.8, 4) is 11.5 Å². The number of hydrogen-bond donors (Lipinski definition) is 2. The molecule has 0 radical (unpaired) electrons.